The van der Waals surface area contributed by atoms with Crippen LogP contribution in [0.3, 0.4) is 0 Å². The van der Waals surface area contributed by atoms with Gasteiger partial charge in [-0.3, -0.25) is 19.7 Å². The Hall–Kier alpha value is -5.58. The highest BCUT2D eigenvalue weighted by molar-refractivity contribution is 6.50. The van der Waals surface area contributed by atoms with Gasteiger partial charge in [-0.05, 0) is 18.2 Å². The first kappa shape index (κ1) is 25.7. The number of benzene rings is 2. The molecule has 204 valence electrons. The molecule has 0 aliphatic carbocycles. The molecule has 0 atom stereocenters. The van der Waals surface area contributed by atoms with Gasteiger partial charge in [0.15, 0.2) is 19.1 Å². The van der Waals surface area contributed by atoms with Crippen LogP contribution < -0.4 is 4.57 Å². The van der Waals surface area contributed by atoms with E-state index in [4.69, 9.17) is 4.74 Å². The van der Waals surface area contributed by atoms with Gasteiger partial charge in [0, 0.05) is 72.1 Å². The highest BCUT2D eigenvalue weighted by Crippen LogP contribution is 2.42. The Balaban J connectivity index is 1.49. The van der Waals surface area contributed by atoms with Crippen LogP contribution in [0.4, 0.5) is 5.69 Å². The first-order valence-electron chi connectivity index (χ1n) is 12.7. The molecule has 4 heterocycles. The van der Waals surface area contributed by atoms with Crippen LogP contribution in [-0.2, 0) is 35.5 Å². The summed E-state index contributed by atoms with van der Waals surface area (Å²) in [5.74, 6) is -1.92. The summed E-state index contributed by atoms with van der Waals surface area (Å²) in [7, 11) is 5.33. The molecule has 1 aliphatic heterocycles. The summed E-state index contributed by atoms with van der Waals surface area (Å²) in [6, 6.07) is 15.2. The number of nitro groups is 1. The lowest BCUT2D eigenvalue weighted by molar-refractivity contribution is -0.671. The molecular weight excluding hydrogens is 526 g/mol. The number of nitro benzene ring substituents is 1. The smallest absolute Gasteiger partial charge is 0.345 e. The normalized spacial score (nSPS) is 13.6. The minimum Gasteiger partial charge on any atom is -0.440 e. The molecule has 0 saturated heterocycles. The van der Waals surface area contributed by atoms with Crippen LogP contribution >= 0.6 is 0 Å². The molecule has 0 spiro atoms. The summed E-state index contributed by atoms with van der Waals surface area (Å²) in [6.07, 6.45) is 6.81. The monoisotopic (exact) mass is 550 g/mol. The molecule has 1 aliphatic rings. The number of ether oxygens (including phenoxy) is 1. The number of esters is 1. The quantitative estimate of drug-likeness (QED) is 0.105. The number of aromatic nitrogens is 3. The third kappa shape index (κ3) is 4.15. The molecule has 0 bridgehead atoms. The number of rotatable bonds is 6. The number of fused-ring (bicyclic) bond motifs is 2. The van der Waals surface area contributed by atoms with E-state index in [0.717, 1.165) is 15.8 Å². The lowest BCUT2D eigenvalue weighted by Crippen LogP contribution is -2.35. The Bertz CT molecular complexity index is 1980. The van der Waals surface area contributed by atoms with Gasteiger partial charge in [-0.25, -0.2) is 14.3 Å². The first-order valence-corrected chi connectivity index (χ1v) is 12.7. The molecule has 0 saturated carbocycles. The van der Waals surface area contributed by atoms with E-state index in [1.807, 2.05) is 35.9 Å². The zero-order valence-electron chi connectivity index (χ0n) is 22.4. The van der Waals surface area contributed by atoms with E-state index in [1.165, 1.54) is 12.1 Å². The molecule has 11 heteroatoms. The van der Waals surface area contributed by atoms with E-state index in [1.54, 1.807) is 66.2 Å². The Morgan fingerprint density at radius 1 is 0.902 bits per heavy atom. The van der Waals surface area contributed by atoms with Crippen LogP contribution in [0.1, 0.15) is 21.5 Å². The molecule has 11 nitrogen and oxygen atoms in total. The van der Waals surface area contributed by atoms with E-state index < -0.39 is 29.4 Å². The number of para-hydroxylation sites is 1. The van der Waals surface area contributed by atoms with Crippen molar-refractivity contribution in [3.8, 4) is 0 Å². The summed E-state index contributed by atoms with van der Waals surface area (Å²) in [5, 5.41) is 12.8. The van der Waals surface area contributed by atoms with E-state index in [-0.39, 0.29) is 22.4 Å². The van der Waals surface area contributed by atoms with Crippen LogP contribution in [0.15, 0.2) is 79.4 Å². The van der Waals surface area contributed by atoms with Crippen molar-refractivity contribution < 1.29 is 28.6 Å². The van der Waals surface area contributed by atoms with Crippen molar-refractivity contribution in [2.75, 3.05) is 6.73 Å². The predicted octanol–water partition coefficient (Wildman–Crippen LogP) is 3.50. The third-order valence-electron chi connectivity index (χ3n) is 7.29. The number of aryl methyl sites for hydroxylation is 3. The predicted molar refractivity (Wildman–Crippen MR) is 149 cm³/mol. The van der Waals surface area contributed by atoms with Crippen molar-refractivity contribution >= 4 is 56.4 Å². The fourth-order valence-electron chi connectivity index (χ4n) is 5.33. The molecule has 41 heavy (non-hydrogen) atoms. The molecule has 5 aromatic rings. The molecule has 6 rings (SSSR count). The number of carbonyl (C=O) groups is 3. The first-order chi connectivity index (χ1) is 19.7. The minimum absolute atomic E-state index is 0.0924. The van der Waals surface area contributed by atoms with Crippen molar-refractivity contribution in [2.24, 2.45) is 21.1 Å². The van der Waals surface area contributed by atoms with Gasteiger partial charge in [0.2, 0.25) is 0 Å². The molecule has 2 aromatic carbocycles. The topological polar surface area (TPSA) is 121 Å². The van der Waals surface area contributed by atoms with Crippen LogP contribution in [0, 0.1) is 10.1 Å². The van der Waals surface area contributed by atoms with E-state index >= 15 is 0 Å². The Morgan fingerprint density at radius 2 is 1.54 bits per heavy atom. The number of pyridine rings is 1. The molecule has 2 amide bonds. The lowest BCUT2D eigenvalue weighted by atomic mass is 9.95. The van der Waals surface area contributed by atoms with Gasteiger partial charge in [0.05, 0.1) is 21.6 Å². The highest BCUT2D eigenvalue weighted by atomic mass is 16.6. The van der Waals surface area contributed by atoms with Gasteiger partial charge < -0.3 is 13.9 Å². The van der Waals surface area contributed by atoms with Crippen LogP contribution in [0.5, 0.6) is 0 Å². The number of hydrogen-bond acceptors (Lipinski definition) is 6. The van der Waals surface area contributed by atoms with Crippen LogP contribution in [0.25, 0.3) is 33.0 Å². The SMILES string of the molecule is Cn1cc(C2=C(c3cn(C)c4cc([N+](=O)[O-])ccc34)C(=O)N(COC(=O)c3ccc[n+](C)c3)C2=O)c2ccccc21. The van der Waals surface area contributed by atoms with Gasteiger partial charge in [0.1, 0.15) is 12.6 Å². The highest BCUT2D eigenvalue weighted by Gasteiger charge is 2.42. The van der Waals surface area contributed by atoms with Gasteiger partial charge in [0.25, 0.3) is 17.5 Å². The van der Waals surface area contributed by atoms with Crippen molar-refractivity contribution in [1.82, 2.24) is 14.0 Å². The summed E-state index contributed by atoms with van der Waals surface area (Å²) in [6.45, 7) is -0.580. The maximum Gasteiger partial charge on any atom is 0.345 e. The average molecular weight is 551 g/mol. The third-order valence-corrected chi connectivity index (χ3v) is 7.29. The molecule has 3 aromatic heterocycles. The standard InChI is InChI=1S/C30H24N5O6/c1-31-12-6-7-18(14-31)30(38)41-17-34-28(36)26(22-15-32(2)24-9-5-4-8-20(22)24)27(29(34)37)23-16-33(3)25-13-19(35(39)40)10-11-21(23)25/h4-16H,17H2,1-3H3/q+1. The Labute approximate surface area is 233 Å². The van der Waals surface area contributed by atoms with E-state index in [9.17, 15) is 24.5 Å². The molecular formula is C30H24N5O6+. The fourth-order valence-corrected chi connectivity index (χ4v) is 5.33. The summed E-state index contributed by atoms with van der Waals surface area (Å²) in [5.41, 5.74) is 2.87. The minimum atomic E-state index is -0.681. The van der Waals surface area contributed by atoms with Crippen molar-refractivity contribution in [3.05, 3.63) is 106 Å². The molecule has 0 radical (unpaired) electrons. The fraction of sp³-hybridized carbons (Fsp3) is 0.133. The molecule has 0 fully saturated rings. The average Bonchev–Trinajstić information content (AvgIpc) is 3.55. The second-order valence-electron chi connectivity index (χ2n) is 9.89. The number of nitrogens with zero attached hydrogens (tertiary/aromatic N) is 5. The Morgan fingerprint density at radius 3 is 2.20 bits per heavy atom. The summed E-state index contributed by atoms with van der Waals surface area (Å²) >= 11 is 0. The summed E-state index contributed by atoms with van der Waals surface area (Å²) < 4.78 is 10.7. The number of hydrogen-bond donors (Lipinski definition) is 0. The van der Waals surface area contributed by atoms with Gasteiger partial charge in [-0.2, -0.15) is 0 Å². The zero-order chi connectivity index (χ0) is 29.0. The zero-order valence-corrected chi connectivity index (χ0v) is 22.4. The molecule has 0 unspecified atom stereocenters. The van der Waals surface area contributed by atoms with Gasteiger partial charge >= 0.3 is 5.97 Å². The second kappa shape index (κ2) is 9.56. The van der Waals surface area contributed by atoms with Crippen molar-refractivity contribution in [2.45, 2.75) is 0 Å². The maximum absolute atomic E-state index is 14.0. The van der Waals surface area contributed by atoms with Gasteiger partial charge in [-0.1, -0.05) is 18.2 Å². The number of carbonyl (C=O) groups excluding carboxylic acids is 3. The van der Waals surface area contributed by atoms with Crippen molar-refractivity contribution in [1.29, 1.82) is 0 Å². The van der Waals surface area contributed by atoms with Crippen LogP contribution in [0.2, 0.25) is 0 Å². The van der Waals surface area contributed by atoms with Gasteiger partial charge in [-0.15, -0.1) is 0 Å². The lowest BCUT2D eigenvalue weighted by Gasteiger charge is -2.15. The second-order valence-corrected chi connectivity index (χ2v) is 9.89. The summed E-state index contributed by atoms with van der Waals surface area (Å²) in [4.78, 5) is 52.6. The van der Waals surface area contributed by atoms with E-state index in [0.29, 0.717) is 22.0 Å². The van der Waals surface area contributed by atoms with E-state index in [2.05, 4.69) is 0 Å². The largest absolute Gasteiger partial charge is 0.440 e. The van der Waals surface area contributed by atoms with Crippen LogP contribution in [-0.4, -0.2) is 43.5 Å². The number of imide groups is 1. The van der Waals surface area contributed by atoms with Crippen molar-refractivity contribution in [3.63, 3.8) is 0 Å². The Kier molecular flexibility index (Phi) is 5.99. The number of non-ortho nitro benzene ring substituents is 1. The number of amides is 2. The maximum atomic E-state index is 14.0. The molecule has 0 N–H and O–H groups in total.